The normalized spacial score (nSPS) is 13.2. The molecule has 5 rings (SSSR count). The van der Waals surface area contributed by atoms with Crippen LogP contribution in [0.25, 0.3) is 22.0 Å². The van der Waals surface area contributed by atoms with E-state index < -0.39 is 0 Å². The van der Waals surface area contributed by atoms with E-state index in [-0.39, 0.29) is 12.3 Å². The Morgan fingerprint density at radius 1 is 0.931 bits per heavy atom. The van der Waals surface area contributed by atoms with Crippen LogP contribution in [-0.4, -0.2) is 16.2 Å². The highest BCUT2D eigenvalue weighted by atomic mass is 16.6. The molecule has 0 spiro atoms. The maximum atomic E-state index is 12.7. The van der Waals surface area contributed by atoms with E-state index in [9.17, 15) is 4.79 Å². The lowest BCUT2D eigenvalue weighted by molar-refractivity contribution is -0.115. The number of hydrogen-bond donors (Lipinski definition) is 1. The lowest BCUT2D eigenvalue weighted by Gasteiger charge is -2.16. The highest BCUT2D eigenvalue weighted by molar-refractivity contribution is 5.97. The number of rotatable bonds is 4. The number of carbonyl (C=O) groups is 1. The summed E-state index contributed by atoms with van der Waals surface area (Å²) in [5, 5.41) is 13.1. The van der Waals surface area contributed by atoms with Crippen LogP contribution in [0.15, 0.2) is 65.3 Å². The van der Waals surface area contributed by atoms with Crippen LogP contribution in [0, 0.1) is 0 Å². The van der Waals surface area contributed by atoms with Gasteiger partial charge in [0.2, 0.25) is 11.7 Å². The maximum Gasteiger partial charge on any atom is 0.230 e. The minimum absolute atomic E-state index is 0.142. The number of aromatic nitrogens is 2. The quantitative estimate of drug-likeness (QED) is 0.541. The summed E-state index contributed by atoms with van der Waals surface area (Å²) in [6.45, 7) is 0. The molecule has 0 fully saturated rings. The summed E-state index contributed by atoms with van der Waals surface area (Å²) in [4.78, 5) is 12.7. The first-order valence-corrected chi connectivity index (χ1v) is 9.99. The van der Waals surface area contributed by atoms with E-state index in [4.69, 9.17) is 4.63 Å². The highest BCUT2D eigenvalue weighted by Crippen LogP contribution is 2.30. The zero-order chi connectivity index (χ0) is 19.6. The van der Waals surface area contributed by atoms with E-state index in [2.05, 4.69) is 27.8 Å². The topological polar surface area (TPSA) is 68.0 Å². The van der Waals surface area contributed by atoms with Crippen molar-refractivity contribution >= 4 is 22.5 Å². The van der Waals surface area contributed by atoms with Crippen molar-refractivity contribution in [2.45, 2.75) is 32.1 Å². The van der Waals surface area contributed by atoms with Crippen molar-refractivity contribution in [3.63, 3.8) is 0 Å². The van der Waals surface area contributed by atoms with E-state index in [1.807, 2.05) is 48.5 Å². The molecule has 1 heterocycles. The molecule has 1 aliphatic carbocycles. The lowest BCUT2D eigenvalue weighted by Crippen LogP contribution is -2.15. The number of fused-ring (bicyclic) bond motifs is 2. The fraction of sp³-hybridized carbons (Fsp3) is 0.208. The van der Waals surface area contributed by atoms with E-state index in [1.165, 1.54) is 24.0 Å². The second kappa shape index (κ2) is 7.51. The Morgan fingerprint density at radius 2 is 1.76 bits per heavy atom. The molecule has 0 saturated heterocycles. The number of nitrogens with one attached hydrogen (secondary N) is 1. The molecule has 0 atom stereocenters. The Hall–Kier alpha value is -3.47. The Kier molecular flexibility index (Phi) is 4.56. The second-order valence-corrected chi connectivity index (χ2v) is 7.52. The summed E-state index contributed by atoms with van der Waals surface area (Å²) in [7, 11) is 0. The first kappa shape index (κ1) is 17.6. The summed E-state index contributed by atoms with van der Waals surface area (Å²) in [6.07, 6.45) is 4.92. The van der Waals surface area contributed by atoms with Crippen molar-refractivity contribution in [1.82, 2.24) is 10.3 Å². The number of benzene rings is 3. The minimum Gasteiger partial charge on any atom is -0.306 e. The summed E-state index contributed by atoms with van der Waals surface area (Å²) < 4.78 is 4.95. The second-order valence-electron chi connectivity index (χ2n) is 7.52. The number of hydrogen-bond acceptors (Lipinski definition) is 4. The fourth-order valence-corrected chi connectivity index (χ4v) is 4.14. The van der Waals surface area contributed by atoms with Gasteiger partial charge in [-0.3, -0.25) is 4.79 Å². The lowest BCUT2D eigenvalue weighted by atomic mass is 9.90. The summed E-state index contributed by atoms with van der Waals surface area (Å²) >= 11 is 0. The van der Waals surface area contributed by atoms with Gasteiger partial charge in [0.15, 0.2) is 5.69 Å². The smallest absolute Gasteiger partial charge is 0.230 e. The standard InChI is InChI=1S/C24H21N3O2/c28-22(15-19-10-5-9-17-7-3-4-11-21(17)19)25-24-23(26-29-27-24)20-13-12-16-6-1-2-8-18(16)14-20/h3-5,7,9-14H,1-2,6,8,15H2,(H,25,27,28). The van der Waals surface area contributed by atoms with Gasteiger partial charge in [-0.15, -0.1) is 0 Å². The average Bonchev–Trinajstić information content (AvgIpc) is 3.21. The first-order valence-electron chi connectivity index (χ1n) is 9.99. The number of amides is 1. The molecular weight excluding hydrogens is 362 g/mol. The third-order valence-electron chi connectivity index (χ3n) is 5.60. The van der Waals surface area contributed by atoms with Crippen LogP contribution in [-0.2, 0) is 24.1 Å². The van der Waals surface area contributed by atoms with Crippen LogP contribution in [0.5, 0.6) is 0 Å². The third-order valence-corrected chi connectivity index (χ3v) is 5.60. The van der Waals surface area contributed by atoms with Gasteiger partial charge in [-0.25, -0.2) is 4.63 Å². The zero-order valence-corrected chi connectivity index (χ0v) is 16.0. The van der Waals surface area contributed by atoms with E-state index in [0.717, 1.165) is 34.7 Å². The number of aryl methyl sites for hydroxylation is 2. The molecule has 0 aliphatic heterocycles. The summed E-state index contributed by atoms with van der Waals surface area (Å²) in [6, 6.07) is 20.4. The Labute approximate surface area is 168 Å². The Morgan fingerprint density at radius 3 is 2.69 bits per heavy atom. The molecule has 1 aliphatic rings. The van der Waals surface area contributed by atoms with Crippen LogP contribution >= 0.6 is 0 Å². The minimum atomic E-state index is -0.142. The molecule has 5 heteroatoms. The molecule has 0 bridgehead atoms. The van der Waals surface area contributed by atoms with Crippen LogP contribution in [0.1, 0.15) is 29.5 Å². The van der Waals surface area contributed by atoms with E-state index in [1.54, 1.807) is 0 Å². The van der Waals surface area contributed by atoms with E-state index in [0.29, 0.717) is 11.5 Å². The fourth-order valence-electron chi connectivity index (χ4n) is 4.14. The largest absolute Gasteiger partial charge is 0.306 e. The van der Waals surface area contributed by atoms with Crippen molar-refractivity contribution in [2.24, 2.45) is 0 Å². The molecule has 144 valence electrons. The zero-order valence-electron chi connectivity index (χ0n) is 16.0. The van der Waals surface area contributed by atoms with Gasteiger partial charge in [0.25, 0.3) is 0 Å². The molecule has 3 aromatic carbocycles. The highest BCUT2D eigenvalue weighted by Gasteiger charge is 2.18. The van der Waals surface area contributed by atoms with Crippen molar-refractivity contribution in [3.05, 3.63) is 77.4 Å². The molecule has 0 radical (unpaired) electrons. The summed E-state index contributed by atoms with van der Waals surface area (Å²) in [5.74, 6) is 0.224. The Bertz CT molecular complexity index is 1190. The van der Waals surface area contributed by atoms with Gasteiger partial charge in [-0.1, -0.05) is 54.6 Å². The number of carbonyl (C=O) groups excluding carboxylic acids is 1. The van der Waals surface area contributed by atoms with Crippen LogP contribution in [0.3, 0.4) is 0 Å². The van der Waals surface area contributed by atoms with Gasteiger partial charge < -0.3 is 5.32 Å². The van der Waals surface area contributed by atoms with Crippen LogP contribution in [0.4, 0.5) is 5.82 Å². The van der Waals surface area contributed by atoms with Gasteiger partial charge in [-0.05, 0) is 69.5 Å². The SMILES string of the molecule is O=C(Cc1cccc2ccccc12)Nc1nonc1-c1ccc2c(c1)CCCC2. The predicted molar refractivity (Wildman–Crippen MR) is 113 cm³/mol. The molecule has 1 aromatic heterocycles. The molecule has 29 heavy (non-hydrogen) atoms. The maximum absolute atomic E-state index is 12.7. The predicted octanol–water partition coefficient (Wildman–Crippen LogP) is 4.95. The van der Waals surface area contributed by atoms with Crippen molar-refractivity contribution < 1.29 is 9.42 Å². The summed E-state index contributed by atoms with van der Waals surface area (Å²) in [5.41, 5.74) is 5.23. The van der Waals surface area contributed by atoms with Crippen molar-refractivity contribution in [2.75, 3.05) is 5.32 Å². The number of anilines is 1. The molecular formula is C24H21N3O2. The van der Waals surface area contributed by atoms with Crippen molar-refractivity contribution in [1.29, 1.82) is 0 Å². The van der Waals surface area contributed by atoms with Gasteiger partial charge in [0.05, 0.1) is 6.42 Å². The van der Waals surface area contributed by atoms with Gasteiger partial charge in [0.1, 0.15) is 0 Å². The molecule has 1 amide bonds. The van der Waals surface area contributed by atoms with Crippen molar-refractivity contribution in [3.8, 4) is 11.3 Å². The van der Waals surface area contributed by atoms with Gasteiger partial charge in [0, 0.05) is 5.56 Å². The molecule has 5 nitrogen and oxygen atoms in total. The monoisotopic (exact) mass is 383 g/mol. The molecule has 0 saturated carbocycles. The third kappa shape index (κ3) is 3.51. The van der Waals surface area contributed by atoms with Gasteiger partial charge >= 0.3 is 0 Å². The van der Waals surface area contributed by atoms with E-state index >= 15 is 0 Å². The molecule has 1 N–H and O–H groups in total. The number of nitrogens with zero attached hydrogens (tertiary/aromatic N) is 2. The molecule has 4 aromatic rings. The van der Waals surface area contributed by atoms with Crippen LogP contribution in [0.2, 0.25) is 0 Å². The van der Waals surface area contributed by atoms with Gasteiger partial charge in [-0.2, -0.15) is 0 Å². The first-order chi connectivity index (χ1) is 14.3. The van der Waals surface area contributed by atoms with Crippen LogP contribution < -0.4 is 5.32 Å². The molecule has 0 unspecified atom stereocenters. The Balaban J connectivity index is 1.38. The average molecular weight is 383 g/mol.